The quantitative estimate of drug-likeness (QED) is 0.750. The molecule has 0 bridgehead atoms. The van der Waals surface area contributed by atoms with Crippen molar-refractivity contribution in [1.29, 1.82) is 0 Å². The van der Waals surface area contributed by atoms with Crippen molar-refractivity contribution in [3.05, 3.63) is 51.8 Å². The third-order valence-electron chi connectivity index (χ3n) is 3.73. The highest BCUT2D eigenvalue weighted by Gasteiger charge is 2.24. The first kappa shape index (κ1) is 15.4. The molecule has 0 unspecified atom stereocenters. The Balaban J connectivity index is 2.01. The van der Waals surface area contributed by atoms with Gasteiger partial charge in [0.15, 0.2) is 0 Å². The smallest absolute Gasteiger partial charge is 0.303 e. The van der Waals surface area contributed by atoms with E-state index in [1.807, 2.05) is 13.0 Å². The fraction of sp³-hybridized carbons (Fsp3) is 0.176. The molecular weight excluding hydrogens is 316 g/mol. The zero-order valence-electron chi connectivity index (χ0n) is 12.4. The second-order valence-electron chi connectivity index (χ2n) is 5.49. The Morgan fingerprint density at radius 2 is 2.13 bits per heavy atom. The van der Waals surface area contributed by atoms with Crippen LogP contribution in [0.1, 0.15) is 28.9 Å². The van der Waals surface area contributed by atoms with Crippen LogP contribution < -0.4 is 5.32 Å². The predicted octanol–water partition coefficient (Wildman–Crippen LogP) is 3.49. The number of hydrogen-bond acceptors (Lipinski definition) is 2. The Bertz CT molecular complexity index is 836. The Hall–Kier alpha value is -2.53. The first-order valence-electron chi connectivity index (χ1n) is 7.17. The Morgan fingerprint density at radius 1 is 1.35 bits per heavy atom. The lowest BCUT2D eigenvalue weighted by Crippen LogP contribution is -2.04. The number of fused-ring (bicyclic) bond motifs is 1. The number of H-pyrrole nitrogens is 1. The van der Waals surface area contributed by atoms with Gasteiger partial charge in [-0.05, 0) is 49.2 Å². The first-order valence-corrected chi connectivity index (χ1v) is 7.55. The number of halogens is 1. The normalized spacial score (nSPS) is 14.9. The number of aryl methyl sites for hydroxylation is 2. The molecule has 0 atom stereocenters. The van der Waals surface area contributed by atoms with Crippen LogP contribution >= 0.6 is 11.6 Å². The fourth-order valence-corrected chi connectivity index (χ4v) is 2.87. The van der Waals surface area contributed by atoms with Gasteiger partial charge < -0.3 is 15.4 Å². The SMILES string of the molecule is Cc1cc(CCC(=O)O)c(/C=C2\C(=O)Nc3ccc(Cl)cc32)[nH]1. The number of amides is 1. The second kappa shape index (κ2) is 5.93. The molecule has 2 aromatic rings. The van der Waals surface area contributed by atoms with Crippen molar-refractivity contribution < 1.29 is 14.7 Å². The number of nitrogens with one attached hydrogen (secondary N) is 2. The van der Waals surface area contributed by atoms with Crippen molar-refractivity contribution in [3.63, 3.8) is 0 Å². The van der Waals surface area contributed by atoms with Gasteiger partial charge in [-0.1, -0.05) is 11.6 Å². The van der Waals surface area contributed by atoms with Crippen LogP contribution in [0, 0.1) is 6.92 Å². The van der Waals surface area contributed by atoms with E-state index in [2.05, 4.69) is 10.3 Å². The molecule has 2 heterocycles. The van der Waals surface area contributed by atoms with Gasteiger partial charge in [-0.25, -0.2) is 0 Å². The highest BCUT2D eigenvalue weighted by Crippen LogP contribution is 2.35. The zero-order valence-corrected chi connectivity index (χ0v) is 13.2. The van der Waals surface area contributed by atoms with Crippen molar-refractivity contribution in [1.82, 2.24) is 4.98 Å². The minimum Gasteiger partial charge on any atom is -0.481 e. The minimum atomic E-state index is -0.849. The second-order valence-corrected chi connectivity index (χ2v) is 5.92. The molecule has 6 heteroatoms. The van der Waals surface area contributed by atoms with Gasteiger partial charge >= 0.3 is 5.97 Å². The van der Waals surface area contributed by atoms with E-state index in [9.17, 15) is 9.59 Å². The van der Waals surface area contributed by atoms with Gasteiger partial charge in [-0.3, -0.25) is 9.59 Å². The lowest BCUT2D eigenvalue weighted by molar-refractivity contribution is -0.137. The molecule has 5 nitrogen and oxygen atoms in total. The van der Waals surface area contributed by atoms with E-state index in [4.69, 9.17) is 16.7 Å². The summed E-state index contributed by atoms with van der Waals surface area (Å²) in [6, 6.07) is 7.14. The van der Waals surface area contributed by atoms with Gasteiger partial charge in [-0.2, -0.15) is 0 Å². The summed E-state index contributed by atoms with van der Waals surface area (Å²) in [5, 5.41) is 12.2. The molecule has 1 aliphatic heterocycles. The van der Waals surface area contributed by atoms with Gasteiger partial charge in [0, 0.05) is 34.1 Å². The fourth-order valence-electron chi connectivity index (χ4n) is 2.69. The number of hydrogen-bond donors (Lipinski definition) is 3. The van der Waals surface area contributed by atoms with Crippen molar-refractivity contribution in [3.8, 4) is 0 Å². The lowest BCUT2D eigenvalue weighted by Gasteiger charge is -2.01. The molecule has 1 amide bonds. The molecule has 0 saturated carbocycles. The summed E-state index contributed by atoms with van der Waals surface area (Å²) in [4.78, 5) is 26.2. The van der Waals surface area contributed by atoms with Gasteiger partial charge in [-0.15, -0.1) is 0 Å². The number of carbonyl (C=O) groups is 2. The van der Waals surface area contributed by atoms with Crippen LogP contribution in [0.15, 0.2) is 24.3 Å². The molecule has 23 heavy (non-hydrogen) atoms. The van der Waals surface area contributed by atoms with E-state index >= 15 is 0 Å². The van der Waals surface area contributed by atoms with E-state index in [0.29, 0.717) is 17.0 Å². The number of anilines is 1. The standard InChI is InChI=1S/C17H15ClN2O3/c1-9-6-10(2-5-16(21)22)15(19-9)8-13-12-7-11(18)3-4-14(12)20-17(13)23/h3-4,6-8,19H,2,5H2,1H3,(H,20,23)(H,21,22)/b13-8-. The van der Waals surface area contributed by atoms with E-state index < -0.39 is 5.97 Å². The average Bonchev–Trinajstić information content (AvgIpc) is 2.98. The number of carboxylic acid groups (broad SMARTS) is 1. The predicted molar refractivity (Wildman–Crippen MR) is 89.4 cm³/mol. The average molecular weight is 331 g/mol. The number of aliphatic carboxylic acids is 1. The van der Waals surface area contributed by atoms with E-state index in [-0.39, 0.29) is 12.3 Å². The molecule has 118 valence electrons. The van der Waals surface area contributed by atoms with Gasteiger partial charge in [0.25, 0.3) is 5.91 Å². The Labute approximate surface area is 138 Å². The Kier molecular flexibility index (Phi) is 3.96. The molecule has 0 saturated heterocycles. The maximum Gasteiger partial charge on any atom is 0.303 e. The summed E-state index contributed by atoms with van der Waals surface area (Å²) in [5.74, 6) is -1.04. The summed E-state index contributed by atoms with van der Waals surface area (Å²) in [7, 11) is 0. The highest BCUT2D eigenvalue weighted by molar-refractivity contribution is 6.36. The van der Waals surface area contributed by atoms with Crippen LogP contribution in [-0.2, 0) is 16.0 Å². The van der Waals surface area contributed by atoms with Gasteiger partial charge in [0.05, 0.1) is 5.57 Å². The van der Waals surface area contributed by atoms with E-state index in [0.717, 1.165) is 28.2 Å². The van der Waals surface area contributed by atoms with Crippen molar-refractivity contribution in [2.24, 2.45) is 0 Å². The third kappa shape index (κ3) is 3.14. The monoisotopic (exact) mass is 330 g/mol. The molecule has 1 aliphatic rings. The van der Waals surface area contributed by atoms with Crippen LogP contribution in [0.2, 0.25) is 5.02 Å². The molecule has 3 N–H and O–H groups in total. The van der Waals surface area contributed by atoms with E-state index in [1.165, 1.54) is 0 Å². The lowest BCUT2D eigenvalue weighted by atomic mass is 10.0. The highest BCUT2D eigenvalue weighted by atomic mass is 35.5. The molecule has 1 aromatic carbocycles. The maximum atomic E-state index is 12.2. The molecule has 0 radical (unpaired) electrons. The van der Waals surface area contributed by atoms with Crippen LogP contribution in [0.5, 0.6) is 0 Å². The largest absolute Gasteiger partial charge is 0.481 e. The molecular formula is C17H15ClN2O3. The zero-order chi connectivity index (χ0) is 16.6. The summed E-state index contributed by atoms with van der Waals surface area (Å²) >= 11 is 6.02. The molecule has 3 rings (SSSR count). The number of carbonyl (C=O) groups excluding carboxylic acids is 1. The molecule has 1 aromatic heterocycles. The van der Waals surface area contributed by atoms with Crippen LogP contribution in [0.4, 0.5) is 5.69 Å². The minimum absolute atomic E-state index is 0.0437. The number of aromatic nitrogens is 1. The van der Waals surface area contributed by atoms with Crippen LogP contribution in [0.3, 0.4) is 0 Å². The van der Waals surface area contributed by atoms with Gasteiger partial charge in [0.2, 0.25) is 0 Å². The first-order chi connectivity index (χ1) is 10.9. The number of aromatic amines is 1. The van der Waals surface area contributed by atoms with E-state index in [1.54, 1.807) is 24.3 Å². The van der Waals surface area contributed by atoms with Crippen molar-refractivity contribution >= 4 is 40.8 Å². The topological polar surface area (TPSA) is 82.2 Å². The molecule has 0 fully saturated rings. The number of benzene rings is 1. The summed E-state index contributed by atoms with van der Waals surface area (Å²) in [5.41, 5.74) is 4.53. The van der Waals surface area contributed by atoms with Crippen LogP contribution in [-0.4, -0.2) is 22.0 Å². The molecule has 0 aliphatic carbocycles. The number of carboxylic acids is 1. The molecule has 0 spiro atoms. The number of rotatable bonds is 4. The summed E-state index contributed by atoms with van der Waals surface area (Å²) in [6.07, 6.45) is 2.20. The third-order valence-corrected chi connectivity index (χ3v) is 3.97. The summed E-state index contributed by atoms with van der Waals surface area (Å²) < 4.78 is 0. The summed E-state index contributed by atoms with van der Waals surface area (Å²) in [6.45, 7) is 1.89. The maximum absolute atomic E-state index is 12.2. The van der Waals surface area contributed by atoms with Crippen LogP contribution in [0.25, 0.3) is 11.6 Å². The Morgan fingerprint density at radius 3 is 2.87 bits per heavy atom. The van der Waals surface area contributed by atoms with Crippen molar-refractivity contribution in [2.75, 3.05) is 5.32 Å². The van der Waals surface area contributed by atoms with Gasteiger partial charge in [0.1, 0.15) is 0 Å². The van der Waals surface area contributed by atoms with Crippen molar-refractivity contribution in [2.45, 2.75) is 19.8 Å².